The first kappa shape index (κ1) is 30.2. The summed E-state index contributed by atoms with van der Waals surface area (Å²) in [5.74, 6) is -9.40. The second-order valence-corrected chi connectivity index (χ2v) is 11.7. The Morgan fingerprint density at radius 1 is 0.577 bits per heavy atom. The number of hydrogen-bond acceptors (Lipinski definition) is 16. The minimum Gasteiger partial charge on any atom is -0.504 e. The van der Waals surface area contributed by atoms with Gasteiger partial charge in [-0.3, -0.25) is 4.79 Å². The van der Waals surface area contributed by atoms with Gasteiger partial charge in [0, 0.05) is 28.8 Å². The van der Waals surface area contributed by atoms with Gasteiger partial charge in [0.1, 0.15) is 11.3 Å². The van der Waals surface area contributed by atoms with E-state index in [1.54, 1.807) is 48.5 Å². The summed E-state index contributed by atoms with van der Waals surface area (Å²) < 4.78 is 5.94. The topological polar surface area (TPSA) is 286 Å². The van der Waals surface area contributed by atoms with Gasteiger partial charge >= 0.3 is 5.97 Å². The van der Waals surface area contributed by atoms with Gasteiger partial charge in [0.05, 0.1) is 21.9 Å². The molecule has 18 heteroatoms. The van der Waals surface area contributed by atoms with Crippen LogP contribution in [-0.2, 0) is 4.79 Å². The summed E-state index contributed by atoms with van der Waals surface area (Å²) in [4.78, 5) is 42.4. The number of nitrogens with one attached hydrogen (secondary N) is 1. The Balaban J connectivity index is 1.57. The summed E-state index contributed by atoms with van der Waals surface area (Å²) in [6.45, 7) is 1.02. The summed E-state index contributed by atoms with van der Waals surface area (Å²) in [5, 5.41) is 87.7. The zero-order valence-electron chi connectivity index (χ0n) is 26.1. The van der Waals surface area contributed by atoms with Crippen LogP contribution < -0.4 is 4.74 Å². The van der Waals surface area contributed by atoms with Crippen LogP contribution in [0.2, 0.25) is 0 Å². The van der Waals surface area contributed by atoms with Crippen molar-refractivity contribution in [2.24, 2.45) is 0 Å². The molecule has 2 aliphatic rings. The molecule has 0 aliphatic carbocycles. The van der Waals surface area contributed by atoms with Crippen LogP contribution >= 0.6 is 0 Å². The molecule has 0 saturated heterocycles. The molecule has 2 aliphatic heterocycles. The zero-order chi connectivity index (χ0) is 36.3. The normalized spacial score (nSPS) is 11.9. The number of aromatic amines is 1. The summed E-state index contributed by atoms with van der Waals surface area (Å²) in [7, 11) is 0. The molecule has 0 amide bonds. The predicted octanol–water partition coefficient (Wildman–Crippen LogP) is 4.44. The van der Waals surface area contributed by atoms with Crippen LogP contribution in [0.3, 0.4) is 0 Å². The number of carbonyl (C=O) groups is 1. The van der Waals surface area contributed by atoms with Gasteiger partial charge in [0.2, 0.25) is 23.0 Å². The Labute approximate surface area is 287 Å². The molecular weight excluding hydrogens is 680 g/mol. The molecule has 0 radical (unpaired) electrons. The average Bonchev–Trinajstić information content (AvgIpc) is 3.85. The lowest BCUT2D eigenvalue weighted by Gasteiger charge is -2.13. The first-order chi connectivity index (χ1) is 24.9. The number of nitrogens with zero attached hydrogens (tertiary/aromatic N) is 7. The van der Waals surface area contributed by atoms with Crippen molar-refractivity contribution in [2.45, 2.75) is 6.92 Å². The first-order valence-corrected chi connectivity index (χ1v) is 15.2. The number of hydrogen-bond donors (Lipinski definition) is 9. The maximum absolute atomic E-state index is 12.2. The first-order valence-electron chi connectivity index (χ1n) is 15.2. The van der Waals surface area contributed by atoms with Crippen LogP contribution in [0.4, 0.5) is 0 Å². The Bertz CT molecular complexity index is 2970. The fourth-order valence-corrected chi connectivity index (χ4v) is 6.39. The molecule has 0 spiro atoms. The highest BCUT2D eigenvalue weighted by atomic mass is 16.5. The van der Waals surface area contributed by atoms with Crippen molar-refractivity contribution in [3.63, 3.8) is 0 Å². The minimum absolute atomic E-state index is 0.0175. The van der Waals surface area contributed by atoms with Crippen molar-refractivity contribution in [1.29, 1.82) is 0 Å². The molecule has 52 heavy (non-hydrogen) atoms. The summed E-state index contributed by atoms with van der Waals surface area (Å²) in [6.07, 6.45) is 0. The van der Waals surface area contributed by atoms with Gasteiger partial charge in [-0.15, -0.1) is 4.73 Å². The van der Waals surface area contributed by atoms with Gasteiger partial charge < -0.3 is 50.7 Å². The third kappa shape index (κ3) is 3.96. The SMILES string of the molecule is CC(=O)Oc1c(O)c(O)c(O)c2c1-c1nc-2nc2[nH]c(nc3nc(nc4c5ccccc5c(n1)n4O)-c1ccccc1-3)c1c(O)c(O)c(O)c(O)c21. The number of phenols is 7. The lowest BCUT2D eigenvalue weighted by Crippen LogP contribution is -2.04. The highest BCUT2D eigenvalue weighted by molar-refractivity contribution is 6.14. The molecule has 7 aromatic rings. The molecular formula is C34H20N8O10. The van der Waals surface area contributed by atoms with Gasteiger partial charge in [-0.05, 0) is 0 Å². The maximum atomic E-state index is 12.2. The number of aromatic nitrogens is 8. The Kier molecular flexibility index (Phi) is 5.99. The molecule has 18 nitrogen and oxygen atoms in total. The monoisotopic (exact) mass is 700 g/mol. The van der Waals surface area contributed by atoms with E-state index in [9.17, 15) is 45.7 Å². The molecule has 0 fully saturated rings. The van der Waals surface area contributed by atoms with Crippen molar-refractivity contribution in [2.75, 3.05) is 0 Å². The highest BCUT2D eigenvalue weighted by Crippen LogP contribution is 2.57. The molecule has 3 aromatic heterocycles. The molecule has 0 atom stereocenters. The molecule has 9 N–H and O–H groups in total. The van der Waals surface area contributed by atoms with E-state index in [4.69, 9.17) is 9.72 Å². The van der Waals surface area contributed by atoms with Gasteiger partial charge in [0.15, 0.2) is 57.6 Å². The lowest BCUT2D eigenvalue weighted by atomic mass is 10.0. The van der Waals surface area contributed by atoms with Crippen molar-refractivity contribution >= 4 is 50.1 Å². The van der Waals surface area contributed by atoms with Crippen molar-refractivity contribution < 1.29 is 50.5 Å². The fourth-order valence-electron chi connectivity index (χ4n) is 6.39. The third-order valence-corrected chi connectivity index (χ3v) is 8.68. The van der Waals surface area contributed by atoms with Gasteiger partial charge in [-0.1, -0.05) is 48.5 Å². The highest BCUT2D eigenvalue weighted by Gasteiger charge is 2.35. The number of ether oxygens (including phenoxy) is 1. The summed E-state index contributed by atoms with van der Waals surface area (Å²) in [6, 6.07) is 13.6. The van der Waals surface area contributed by atoms with E-state index in [0.29, 0.717) is 26.6 Å². The minimum atomic E-state index is -1.11. The van der Waals surface area contributed by atoms with Crippen LogP contribution in [0.25, 0.3) is 89.7 Å². The standard InChI is InChI=1S/C34H20N8O10/c1-10(43)52-26-18-17(21(46)24(49)25(26)50)31-38-30-16-15(19(44)22(47)23(48)20(16)45)29(37-30)36-27-11-6-2-3-7-12(11)28(35-27)40-33-13-8-4-5-9-14(13)34(42(33)51)41-32(18)39-31/h2-9,44-51H,1H3,(H,35,36,37,38,39,40,41). The van der Waals surface area contributed by atoms with Crippen LogP contribution in [-0.4, -0.2) is 86.5 Å². The molecule has 8 bridgehead atoms. The predicted molar refractivity (Wildman–Crippen MR) is 180 cm³/mol. The molecule has 9 rings (SSSR count). The largest absolute Gasteiger partial charge is 0.504 e. The number of rotatable bonds is 1. The number of carbonyl (C=O) groups excluding carboxylic acids is 1. The molecule has 5 heterocycles. The fraction of sp³-hybridized carbons (Fsp3) is 0.0294. The summed E-state index contributed by atoms with van der Waals surface area (Å²) in [5.41, 5.74) is -0.502. The van der Waals surface area contributed by atoms with Gasteiger partial charge in [0.25, 0.3) is 0 Å². The number of H-pyrrole nitrogens is 1. The quantitative estimate of drug-likeness (QED) is 0.0376. The summed E-state index contributed by atoms with van der Waals surface area (Å²) >= 11 is 0. The Hall–Kier alpha value is -7.89. The van der Waals surface area contributed by atoms with Crippen LogP contribution in [0.5, 0.6) is 46.0 Å². The number of phenolic OH excluding ortho intramolecular Hbond substituents is 7. The number of benzene rings is 4. The second-order valence-electron chi connectivity index (χ2n) is 11.7. The number of fused-ring (bicyclic) bond motifs is 20. The van der Waals surface area contributed by atoms with Crippen molar-refractivity contribution in [3.8, 4) is 91.5 Å². The second kappa shape index (κ2) is 10.3. The molecule has 0 saturated carbocycles. The van der Waals surface area contributed by atoms with E-state index < -0.39 is 63.4 Å². The number of esters is 1. The van der Waals surface area contributed by atoms with E-state index in [1.807, 2.05) is 0 Å². The smallest absolute Gasteiger partial charge is 0.308 e. The molecule has 4 aromatic carbocycles. The number of aromatic hydroxyl groups is 7. The zero-order valence-corrected chi connectivity index (χ0v) is 26.1. The van der Waals surface area contributed by atoms with E-state index in [2.05, 4.69) is 29.9 Å². The van der Waals surface area contributed by atoms with Crippen molar-refractivity contribution in [3.05, 3.63) is 48.5 Å². The maximum Gasteiger partial charge on any atom is 0.308 e. The van der Waals surface area contributed by atoms with Crippen LogP contribution in [0, 0.1) is 0 Å². The average molecular weight is 701 g/mol. The van der Waals surface area contributed by atoms with E-state index in [0.717, 1.165) is 6.92 Å². The van der Waals surface area contributed by atoms with Gasteiger partial charge in [-0.25, -0.2) is 29.9 Å². The van der Waals surface area contributed by atoms with E-state index in [1.165, 1.54) is 0 Å². The lowest BCUT2D eigenvalue weighted by molar-refractivity contribution is -0.132. The van der Waals surface area contributed by atoms with E-state index >= 15 is 0 Å². The van der Waals surface area contributed by atoms with Crippen LogP contribution in [0.15, 0.2) is 48.5 Å². The Morgan fingerprint density at radius 2 is 1.04 bits per heavy atom. The van der Waals surface area contributed by atoms with Crippen molar-refractivity contribution in [1.82, 2.24) is 39.6 Å². The Morgan fingerprint density at radius 3 is 1.62 bits per heavy atom. The molecule has 0 unspecified atom stereocenters. The van der Waals surface area contributed by atoms with Gasteiger partial charge in [-0.2, -0.15) is 0 Å². The molecule has 256 valence electrons. The van der Waals surface area contributed by atoms with E-state index in [-0.39, 0.29) is 56.4 Å². The van der Waals surface area contributed by atoms with Crippen LogP contribution in [0.1, 0.15) is 6.92 Å². The third-order valence-electron chi connectivity index (χ3n) is 8.68.